The van der Waals surface area contributed by atoms with Crippen LogP contribution in [0.2, 0.25) is 0 Å². The zero-order chi connectivity index (χ0) is 7.73. The molecule has 0 aromatic carbocycles. The van der Waals surface area contributed by atoms with E-state index in [-0.39, 0.29) is 5.54 Å². The summed E-state index contributed by atoms with van der Waals surface area (Å²) in [5, 5.41) is 3.34. The molecule has 0 aromatic rings. The number of nitrogens with one attached hydrogen (secondary N) is 1. The van der Waals surface area contributed by atoms with Crippen LogP contribution >= 0.6 is 0 Å². The van der Waals surface area contributed by atoms with Gasteiger partial charge in [-0.1, -0.05) is 0 Å². The number of hydrogen-bond donors (Lipinski definition) is 2. The Morgan fingerprint density at radius 3 is 2.36 bits per heavy atom. The molecule has 3 N–H and O–H groups in total. The Bertz CT molecular complexity index is 139. The third-order valence-electron chi connectivity index (χ3n) is 2.89. The van der Waals surface area contributed by atoms with Crippen LogP contribution in [-0.2, 0) is 4.74 Å². The maximum atomic E-state index is 6.12. The van der Waals surface area contributed by atoms with Crippen molar-refractivity contribution in [3.05, 3.63) is 0 Å². The van der Waals surface area contributed by atoms with Gasteiger partial charge in [0.2, 0.25) is 0 Å². The summed E-state index contributed by atoms with van der Waals surface area (Å²) in [7, 11) is 0. The van der Waals surface area contributed by atoms with Crippen molar-refractivity contribution in [3.63, 3.8) is 0 Å². The second kappa shape index (κ2) is 2.73. The molecule has 2 rings (SSSR count). The van der Waals surface area contributed by atoms with Crippen LogP contribution < -0.4 is 11.1 Å². The molecule has 11 heavy (non-hydrogen) atoms. The van der Waals surface area contributed by atoms with Crippen LogP contribution in [0, 0.1) is 5.92 Å². The highest BCUT2D eigenvalue weighted by Crippen LogP contribution is 2.29. The standard InChI is InChI=1S/C8H16N2O/c9-8(5-11-6-8)7-1-3-10-4-2-7/h7,10H,1-6,9H2. The second-order valence-electron chi connectivity index (χ2n) is 3.75. The highest BCUT2D eigenvalue weighted by molar-refractivity contribution is 4.98. The van der Waals surface area contributed by atoms with Gasteiger partial charge in [0, 0.05) is 0 Å². The van der Waals surface area contributed by atoms with Gasteiger partial charge in [-0.05, 0) is 31.8 Å². The predicted molar refractivity (Wildman–Crippen MR) is 43.3 cm³/mol. The van der Waals surface area contributed by atoms with Crippen molar-refractivity contribution in [2.75, 3.05) is 26.3 Å². The van der Waals surface area contributed by atoms with Gasteiger partial charge in [-0.15, -0.1) is 0 Å². The SMILES string of the molecule is NC1(C2CCNCC2)COC1. The topological polar surface area (TPSA) is 47.3 Å². The van der Waals surface area contributed by atoms with E-state index in [4.69, 9.17) is 10.5 Å². The molecule has 2 heterocycles. The molecular weight excluding hydrogens is 140 g/mol. The lowest BCUT2D eigenvalue weighted by molar-refractivity contribution is -0.0884. The lowest BCUT2D eigenvalue weighted by Crippen LogP contribution is -2.63. The number of rotatable bonds is 1. The third kappa shape index (κ3) is 1.28. The monoisotopic (exact) mass is 156 g/mol. The molecule has 0 radical (unpaired) electrons. The average Bonchev–Trinajstić information content (AvgIpc) is 2.02. The molecule has 0 aliphatic carbocycles. The number of nitrogens with two attached hydrogens (primary N) is 1. The molecule has 3 heteroatoms. The van der Waals surface area contributed by atoms with Crippen LogP contribution in [0.3, 0.4) is 0 Å². The van der Waals surface area contributed by atoms with Gasteiger partial charge in [-0.2, -0.15) is 0 Å². The van der Waals surface area contributed by atoms with Crippen molar-refractivity contribution in [2.45, 2.75) is 18.4 Å². The molecular formula is C8H16N2O. The van der Waals surface area contributed by atoms with Crippen molar-refractivity contribution >= 4 is 0 Å². The van der Waals surface area contributed by atoms with Gasteiger partial charge in [0.25, 0.3) is 0 Å². The summed E-state index contributed by atoms with van der Waals surface area (Å²) < 4.78 is 5.15. The van der Waals surface area contributed by atoms with E-state index < -0.39 is 0 Å². The van der Waals surface area contributed by atoms with Crippen molar-refractivity contribution in [2.24, 2.45) is 11.7 Å². The molecule has 2 aliphatic rings. The van der Waals surface area contributed by atoms with Gasteiger partial charge < -0.3 is 15.8 Å². The van der Waals surface area contributed by atoms with E-state index >= 15 is 0 Å². The van der Waals surface area contributed by atoms with Crippen molar-refractivity contribution < 1.29 is 4.74 Å². The molecule has 0 aromatic heterocycles. The molecule has 0 unspecified atom stereocenters. The zero-order valence-electron chi connectivity index (χ0n) is 6.81. The van der Waals surface area contributed by atoms with Crippen LogP contribution in [0.1, 0.15) is 12.8 Å². The number of hydrogen-bond acceptors (Lipinski definition) is 3. The molecule has 0 saturated carbocycles. The molecule has 0 amide bonds. The molecule has 0 spiro atoms. The first-order chi connectivity index (χ1) is 5.31. The minimum absolute atomic E-state index is 0.0299. The Morgan fingerprint density at radius 1 is 1.27 bits per heavy atom. The van der Waals surface area contributed by atoms with Crippen molar-refractivity contribution in [1.82, 2.24) is 5.32 Å². The van der Waals surface area contributed by atoms with E-state index in [1.807, 2.05) is 0 Å². The molecule has 2 fully saturated rings. The lowest BCUT2D eigenvalue weighted by atomic mass is 9.77. The maximum Gasteiger partial charge on any atom is 0.0672 e. The van der Waals surface area contributed by atoms with Crippen LogP contribution in [0.25, 0.3) is 0 Å². The largest absolute Gasteiger partial charge is 0.377 e. The normalized spacial score (nSPS) is 31.4. The number of piperidine rings is 1. The van der Waals surface area contributed by atoms with Gasteiger partial charge in [0.05, 0.1) is 18.8 Å². The molecule has 64 valence electrons. The first kappa shape index (κ1) is 7.53. The molecule has 2 aliphatic heterocycles. The zero-order valence-corrected chi connectivity index (χ0v) is 6.81. The maximum absolute atomic E-state index is 6.12. The van der Waals surface area contributed by atoms with E-state index in [0.29, 0.717) is 5.92 Å². The third-order valence-corrected chi connectivity index (χ3v) is 2.89. The highest BCUT2D eigenvalue weighted by atomic mass is 16.5. The Balaban J connectivity index is 1.91. The summed E-state index contributed by atoms with van der Waals surface area (Å²) >= 11 is 0. The van der Waals surface area contributed by atoms with E-state index in [1.165, 1.54) is 12.8 Å². The van der Waals surface area contributed by atoms with Gasteiger partial charge >= 0.3 is 0 Å². The van der Waals surface area contributed by atoms with E-state index in [2.05, 4.69) is 5.32 Å². The van der Waals surface area contributed by atoms with Gasteiger partial charge in [-0.3, -0.25) is 0 Å². The summed E-state index contributed by atoms with van der Waals surface area (Å²) in [6.45, 7) is 3.81. The Morgan fingerprint density at radius 2 is 1.91 bits per heavy atom. The van der Waals surface area contributed by atoms with Crippen molar-refractivity contribution in [1.29, 1.82) is 0 Å². The molecule has 3 nitrogen and oxygen atoms in total. The van der Waals surface area contributed by atoms with Gasteiger partial charge in [-0.25, -0.2) is 0 Å². The first-order valence-electron chi connectivity index (χ1n) is 4.39. The smallest absolute Gasteiger partial charge is 0.0672 e. The summed E-state index contributed by atoms with van der Waals surface area (Å²) in [6, 6.07) is 0. The van der Waals surface area contributed by atoms with Crippen LogP contribution in [0.4, 0.5) is 0 Å². The Kier molecular flexibility index (Phi) is 1.87. The average molecular weight is 156 g/mol. The number of ether oxygens (including phenoxy) is 1. The van der Waals surface area contributed by atoms with Gasteiger partial charge in [0.15, 0.2) is 0 Å². The van der Waals surface area contributed by atoms with E-state index in [1.54, 1.807) is 0 Å². The van der Waals surface area contributed by atoms with Crippen LogP contribution in [0.15, 0.2) is 0 Å². The molecule has 0 atom stereocenters. The van der Waals surface area contributed by atoms with E-state index in [0.717, 1.165) is 26.3 Å². The quantitative estimate of drug-likeness (QED) is 0.548. The second-order valence-corrected chi connectivity index (χ2v) is 3.75. The predicted octanol–water partition coefficient (Wildman–Crippen LogP) is -0.286. The fourth-order valence-electron chi connectivity index (χ4n) is 1.97. The minimum atomic E-state index is 0.0299. The summed E-state index contributed by atoms with van der Waals surface area (Å²) in [5.74, 6) is 0.692. The van der Waals surface area contributed by atoms with Crippen LogP contribution in [0.5, 0.6) is 0 Å². The fraction of sp³-hybridized carbons (Fsp3) is 1.00. The molecule has 0 bridgehead atoms. The summed E-state index contributed by atoms with van der Waals surface area (Å²) in [5.41, 5.74) is 6.15. The Labute approximate surface area is 67.3 Å². The van der Waals surface area contributed by atoms with Gasteiger partial charge in [0.1, 0.15) is 0 Å². The fourth-order valence-corrected chi connectivity index (χ4v) is 1.97. The van der Waals surface area contributed by atoms with Crippen LogP contribution in [-0.4, -0.2) is 31.8 Å². The minimum Gasteiger partial charge on any atom is -0.377 e. The van der Waals surface area contributed by atoms with E-state index in [9.17, 15) is 0 Å². The summed E-state index contributed by atoms with van der Waals surface area (Å²) in [6.07, 6.45) is 2.44. The first-order valence-corrected chi connectivity index (χ1v) is 4.39. The lowest BCUT2D eigenvalue weighted by Gasteiger charge is -2.45. The Hall–Kier alpha value is -0.120. The summed E-state index contributed by atoms with van der Waals surface area (Å²) in [4.78, 5) is 0. The van der Waals surface area contributed by atoms with Crippen molar-refractivity contribution in [3.8, 4) is 0 Å². The highest BCUT2D eigenvalue weighted by Gasteiger charge is 2.41. The molecule has 2 saturated heterocycles.